The number of carbonyl (C=O) groups is 1. The van der Waals surface area contributed by atoms with Gasteiger partial charge in [-0.2, -0.15) is 0 Å². The molecule has 0 unspecified atom stereocenters. The van der Waals surface area contributed by atoms with Gasteiger partial charge in [-0.1, -0.05) is 12.1 Å². The lowest BCUT2D eigenvalue weighted by molar-refractivity contribution is 0.101. The average molecular weight is 463 g/mol. The van der Waals surface area contributed by atoms with Crippen molar-refractivity contribution < 1.29 is 9.90 Å². The molecular formula is C24H26N6O2S. The molecule has 3 aromatic rings. The maximum Gasteiger partial charge on any atom is 0.229 e. The van der Waals surface area contributed by atoms with Crippen molar-refractivity contribution in [2.24, 2.45) is 4.99 Å². The van der Waals surface area contributed by atoms with E-state index in [0.29, 0.717) is 35.5 Å². The van der Waals surface area contributed by atoms with Crippen LogP contribution in [0, 0.1) is 13.8 Å². The Morgan fingerprint density at radius 1 is 1.00 bits per heavy atom. The number of ketones is 1. The van der Waals surface area contributed by atoms with Gasteiger partial charge in [0.25, 0.3) is 0 Å². The van der Waals surface area contributed by atoms with Gasteiger partial charge in [-0.3, -0.25) is 15.1 Å². The third-order valence-electron chi connectivity index (χ3n) is 4.60. The highest BCUT2D eigenvalue weighted by Gasteiger charge is 2.08. The van der Waals surface area contributed by atoms with Gasteiger partial charge in [-0.05, 0) is 87.4 Å². The molecule has 2 aromatic carbocycles. The van der Waals surface area contributed by atoms with Gasteiger partial charge in [0.1, 0.15) is 5.75 Å². The molecule has 0 saturated heterocycles. The van der Waals surface area contributed by atoms with Gasteiger partial charge in [-0.25, -0.2) is 9.97 Å². The van der Waals surface area contributed by atoms with E-state index in [1.165, 1.54) is 6.92 Å². The number of anilines is 2. The van der Waals surface area contributed by atoms with Gasteiger partial charge in [0.05, 0.1) is 0 Å². The van der Waals surface area contributed by atoms with Gasteiger partial charge >= 0.3 is 0 Å². The Morgan fingerprint density at radius 3 is 2.24 bits per heavy atom. The number of aliphatic imine (C=N–C) groups is 1. The summed E-state index contributed by atoms with van der Waals surface area (Å²) in [5, 5.41) is 19.0. The van der Waals surface area contributed by atoms with E-state index in [1.807, 2.05) is 32.0 Å². The van der Waals surface area contributed by atoms with Crippen molar-refractivity contribution >= 4 is 40.7 Å². The van der Waals surface area contributed by atoms with Crippen LogP contribution >= 0.6 is 12.2 Å². The van der Waals surface area contributed by atoms with Crippen LogP contribution in [0.1, 0.15) is 34.2 Å². The maximum atomic E-state index is 11.5. The highest BCUT2D eigenvalue weighted by atomic mass is 32.1. The minimum absolute atomic E-state index is 0.00273. The Hall–Kier alpha value is -3.85. The number of aromatic hydroxyl groups is 1. The van der Waals surface area contributed by atoms with E-state index in [4.69, 9.17) is 12.2 Å². The largest absolute Gasteiger partial charge is 0.508 e. The van der Waals surface area contributed by atoms with Crippen LogP contribution in [0.5, 0.6) is 5.75 Å². The molecule has 3 rings (SSSR count). The molecule has 1 heterocycles. The number of Topliss-reactive ketones (excluding diaryl/α,β-unsaturated/α-hetero) is 1. The SMILES string of the molecule is CC(=O)c1ccc(NC(=S)NC(=NCCc2ccc(O)cc2)Nc2nc(C)cc(C)n2)cc1. The molecule has 0 aliphatic rings. The van der Waals surface area contributed by atoms with Gasteiger partial charge in [0, 0.05) is 29.2 Å². The lowest BCUT2D eigenvalue weighted by atomic mass is 10.1. The summed E-state index contributed by atoms with van der Waals surface area (Å²) in [6.07, 6.45) is 0.674. The van der Waals surface area contributed by atoms with Crippen LogP contribution in [0.25, 0.3) is 0 Å². The zero-order valence-electron chi connectivity index (χ0n) is 18.7. The lowest BCUT2D eigenvalue weighted by Gasteiger charge is -2.14. The summed E-state index contributed by atoms with van der Waals surface area (Å²) in [4.78, 5) is 24.9. The van der Waals surface area contributed by atoms with Crippen molar-refractivity contribution in [1.82, 2.24) is 15.3 Å². The molecule has 0 bridgehead atoms. The number of thiocarbonyl (C=S) groups is 1. The zero-order valence-corrected chi connectivity index (χ0v) is 19.5. The van der Waals surface area contributed by atoms with Gasteiger partial charge in [0.15, 0.2) is 10.9 Å². The Labute approximate surface area is 198 Å². The number of nitrogens with zero attached hydrogens (tertiary/aromatic N) is 3. The van der Waals surface area contributed by atoms with Crippen molar-refractivity contribution in [2.75, 3.05) is 17.2 Å². The van der Waals surface area contributed by atoms with Gasteiger partial charge in [0.2, 0.25) is 11.9 Å². The second-order valence-electron chi connectivity index (χ2n) is 7.46. The summed E-state index contributed by atoms with van der Waals surface area (Å²) in [6.45, 7) is 5.79. The number of hydrogen-bond acceptors (Lipinski definition) is 6. The summed E-state index contributed by atoms with van der Waals surface area (Å²) in [5.41, 5.74) is 4.08. The van der Waals surface area contributed by atoms with E-state index in [2.05, 4.69) is 30.9 Å². The summed E-state index contributed by atoms with van der Waals surface area (Å²) in [5.74, 6) is 1.04. The quantitative estimate of drug-likeness (QED) is 0.188. The van der Waals surface area contributed by atoms with Crippen molar-refractivity contribution in [1.29, 1.82) is 0 Å². The number of rotatable bonds is 6. The molecule has 0 aliphatic heterocycles. The van der Waals surface area contributed by atoms with E-state index >= 15 is 0 Å². The smallest absolute Gasteiger partial charge is 0.229 e. The van der Waals surface area contributed by atoms with Crippen molar-refractivity contribution in [2.45, 2.75) is 27.2 Å². The minimum Gasteiger partial charge on any atom is -0.508 e. The average Bonchev–Trinajstić information content (AvgIpc) is 2.74. The molecule has 8 nitrogen and oxygen atoms in total. The fourth-order valence-corrected chi connectivity index (χ4v) is 3.23. The molecule has 170 valence electrons. The molecular weight excluding hydrogens is 436 g/mol. The van der Waals surface area contributed by atoms with E-state index < -0.39 is 0 Å². The van der Waals surface area contributed by atoms with Crippen LogP contribution in [0.15, 0.2) is 59.6 Å². The number of nitrogens with one attached hydrogen (secondary N) is 3. The molecule has 0 saturated carbocycles. The highest BCUT2D eigenvalue weighted by molar-refractivity contribution is 7.80. The Kier molecular flexibility index (Phi) is 8.04. The molecule has 0 spiro atoms. The summed E-state index contributed by atoms with van der Waals surface area (Å²) < 4.78 is 0. The number of aromatic nitrogens is 2. The monoisotopic (exact) mass is 462 g/mol. The number of benzene rings is 2. The van der Waals surface area contributed by atoms with Gasteiger partial charge in [-0.15, -0.1) is 0 Å². The number of phenolic OH excluding ortho intramolecular Hbond substituents is 1. The fourth-order valence-electron chi connectivity index (χ4n) is 3.02. The molecule has 0 atom stereocenters. The molecule has 4 N–H and O–H groups in total. The Balaban J connectivity index is 1.71. The summed E-state index contributed by atoms with van der Waals surface area (Å²) in [7, 11) is 0. The van der Waals surface area contributed by atoms with Crippen molar-refractivity contribution in [3.8, 4) is 5.75 Å². The Bertz CT molecular complexity index is 1140. The van der Waals surface area contributed by atoms with Crippen molar-refractivity contribution in [3.63, 3.8) is 0 Å². The molecule has 1 aromatic heterocycles. The van der Waals surface area contributed by atoms with E-state index in [0.717, 1.165) is 22.6 Å². The first-order chi connectivity index (χ1) is 15.8. The van der Waals surface area contributed by atoms with Crippen LogP contribution < -0.4 is 16.0 Å². The first kappa shape index (κ1) is 23.8. The first-order valence-electron chi connectivity index (χ1n) is 10.4. The van der Waals surface area contributed by atoms with E-state index in [9.17, 15) is 9.90 Å². The molecule has 9 heteroatoms. The lowest BCUT2D eigenvalue weighted by Crippen LogP contribution is -2.39. The highest BCUT2D eigenvalue weighted by Crippen LogP contribution is 2.11. The van der Waals surface area contributed by atoms with Crippen LogP contribution in [0.3, 0.4) is 0 Å². The van der Waals surface area contributed by atoms with Gasteiger partial charge < -0.3 is 15.7 Å². The third-order valence-corrected chi connectivity index (χ3v) is 4.80. The topological polar surface area (TPSA) is 112 Å². The maximum absolute atomic E-state index is 11.5. The molecule has 0 radical (unpaired) electrons. The summed E-state index contributed by atoms with van der Waals surface area (Å²) >= 11 is 5.44. The molecule has 0 aliphatic carbocycles. The second kappa shape index (κ2) is 11.1. The predicted molar refractivity (Wildman–Crippen MR) is 135 cm³/mol. The Morgan fingerprint density at radius 2 is 1.64 bits per heavy atom. The van der Waals surface area contributed by atoms with E-state index in [-0.39, 0.29) is 11.5 Å². The normalized spacial score (nSPS) is 11.1. The summed E-state index contributed by atoms with van der Waals surface area (Å²) in [6, 6.07) is 15.9. The standard InChI is InChI=1S/C24H26N6O2S/c1-15-14-16(2)27-23(26-15)29-22(25-13-12-18-4-10-21(32)11-5-18)30-24(33)28-20-8-6-19(7-9-20)17(3)31/h4-11,14,32H,12-13H2,1-3H3,(H3,25,26,27,28,29,30,33). The predicted octanol–water partition coefficient (Wildman–Crippen LogP) is 4.00. The molecule has 0 amide bonds. The van der Waals surface area contributed by atoms with Crippen molar-refractivity contribution in [3.05, 3.63) is 77.1 Å². The number of hydrogen-bond donors (Lipinski definition) is 4. The van der Waals surface area contributed by atoms with E-state index in [1.54, 1.807) is 36.4 Å². The number of carbonyl (C=O) groups excluding carboxylic acids is 1. The molecule has 0 fully saturated rings. The second-order valence-corrected chi connectivity index (χ2v) is 7.87. The molecule has 33 heavy (non-hydrogen) atoms. The number of phenols is 1. The number of aryl methyl sites for hydroxylation is 2. The number of guanidine groups is 1. The van der Waals surface area contributed by atoms with Crippen LogP contribution in [0.4, 0.5) is 11.6 Å². The first-order valence-corrected chi connectivity index (χ1v) is 10.8. The van der Waals surface area contributed by atoms with Crippen LogP contribution in [0.2, 0.25) is 0 Å². The van der Waals surface area contributed by atoms with Crippen LogP contribution in [-0.4, -0.2) is 38.5 Å². The zero-order chi connectivity index (χ0) is 23.8. The minimum atomic E-state index is 0.00273. The third kappa shape index (κ3) is 7.65. The fraction of sp³-hybridized carbons (Fsp3) is 0.208. The van der Waals surface area contributed by atoms with Crippen LogP contribution in [-0.2, 0) is 6.42 Å².